The molecule has 692 valence electrons. The monoisotopic (exact) mass is 1760 g/mol. The van der Waals surface area contributed by atoms with Crippen molar-refractivity contribution in [2.75, 3.05) is 0 Å². The molecule has 0 saturated heterocycles. The Morgan fingerprint density at radius 2 is 0.455 bits per heavy atom. The summed E-state index contributed by atoms with van der Waals surface area (Å²) in [6, 6.07) is 72.0. The number of fused-ring (bicyclic) bond motifs is 5. The van der Waals surface area contributed by atoms with Crippen molar-refractivity contribution >= 4 is 53.9 Å². The van der Waals surface area contributed by atoms with Gasteiger partial charge >= 0.3 is 0 Å². The molecule has 0 bridgehead atoms. The topological polar surface area (TPSA) is 19.4 Å². The van der Waals surface area contributed by atoms with Gasteiger partial charge in [-0.2, -0.15) is 0 Å². The van der Waals surface area contributed by atoms with Crippen LogP contribution >= 0.6 is 0 Å². The first-order valence-electron chi connectivity index (χ1n) is 49.3. The molecule has 0 unspecified atom stereocenters. The lowest BCUT2D eigenvalue weighted by Gasteiger charge is -2.28. The molecule has 0 aliphatic carbocycles. The van der Waals surface area contributed by atoms with Gasteiger partial charge in [-0.1, -0.05) is 291 Å². The van der Waals surface area contributed by atoms with Crippen LogP contribution in [0.4, 0.5) is 0 Å². The van der Waals surface area contributed by atoms with E-state index < -0.39 is 0 Å². The van der Waals surface area contributed by atoms with Crippen LogP contribution in [-0.2, 0) is 56.9 Å². The normalized spacial score (nSPS) is 12.2. The number of hydrogen-bond donors (Lipinski definition) is 0. The lowest BCUT2D eigenvalue weighted by Crippen LogP contribution is -2.31. The summed E-state index contributed by atoms with van der Waals surface area (Å²) in [6.45, 7) is 79.6. The summed E-state index contributed by atoms with van der Waals surface area (Å²) in [7, 11) is 10.8. The van der Waals surface area contributed by atoms with Gasteiger partial charge in [0.05, 0.1) is 49.2 Å². The molecule has 0 spiro atoms. The number of hydrogen-bond acceptors (Lipinski definition) is 0. The molecule has 0 saturated carbocycles. The number of nitrogens with zero attached hydrogens (tertiary/aromatic N) is 5. The van der Waals surface area contributed by atoms with Crippen LogP contribution in [0.3, 0.4) is 0 Å². The Hall–Kier alpha value is -10.8. The Morgan fingerprint density at radius 3 is 0.742 bits per heavy atom. The zero-order chi connectivity index (χ0) is 97.5. The molecule has 10 aromatic carbocycles. The largest absolute Gasteiger partial charge is 0.220 e. The first-order valence-corrected chi connectivity index (χ1v) is 49.3. The van der Waals surface area contributed by atoms with E-state index in [1.165, 1.54) is 216 Å². The van der Waals surface area contributed by atoms with Gasteiger partial charge in [0.2, 0.25) is 28.5 Å². The fraction of sp³-hybridized carbons (Fsp3) is 0.409. The standard InChI is InChI=1S/C28H38N.C26H34N.C25H32N.2C24H30N/c1-18(2)20-11-12-23-21(15-20)13-14-29(10)26(23)24-16-22(27(4,5)6)17-25(19(24)3)28(7,8)9;1-16(2)20-9-10-23-21(13-20)11-12-27(8)26(23)25-15-22(17(3)4)14-24(18(5)6)19(25)7;1-16(2)19-9-10-22-20(14-19)11-12-26(8)24(22)23-15-21(25(5,6)7)13-17(3)18(23)4;1-16(2)18-9-11-21-19(14-18)12-13-25(7)23(21)22-15-20(24(4,5)6)10-8-17(22)3;1-15(2)19-8-9-22-20(13-19)10-11-25(7)24(22)23-14-21(16(3)4)12-17(5)18(23)6/h11-18H,1-10H3;9-18H,1-8H3;9-16H,1-8H3;2*8-16H,1-7H3/q5*+1. The second-order valence-corrected chi connectivity index (χ2v) is 45.3. The zero-order valence-corrected chi connectivity index (χ0v) is 89.1. The summed E-state index contributed by atoms with van der Waals surface area (Å²) in [4.78, 5) is 0. The number of rotatable bonds is 13. The highest BCUT2D eigenvalue weighted by atomic mass is 14.9. The van der Waals surface area contributed by atoms with Crippen LogP contribution in [0.1, 0.15) is 347 Å². The lowest BCUT2D eigenvalue weighted by molar-refractivity contribution is -0.659. The Bertz CT molecular complexity index is 6750. The molecule has 132 heavy (non-hydrogen) atoms. The van der Waals surface area contributed by atoms with Crippen molar-refractivity contribution in [1.29, 1.82) is 0 Å². The number of aromatic nitrogens is 5. The summed E-state index contributed by atoms with van der Waals surface area (Å²) in [6.07, 6.45) is 11.0. The molecule has 5 nitrogen and oxygen atoms in total. The molecule has 5 heteroatoms. The molecule has 0 amide bonds. The average molecular weight is 1760 g/mol. The van der Waals surface area contributed by atoms with Crippen molar-refractivity contribution < 1.29 is 22.8 Å². The maximum atomic E-state index is 2.43. The summed E-state index contributed by atoms with van der Waals surface area (Å²) >= 11 is 0. The van der Waals surface area contributed by atoms with E-state index >= 15 is 0 Å². The van der Waals surface area contributed by atoms with Gasteiger partial charge in [0.1, 0.15) is 35.2 Å². The van der Waals surface area contributed by atoms with E-state index in [-0.39, 0.29) is 21.7 Å². The number of benzene rings is 10. The Kier molecular flexibility index (Phi) is 31.3. The minimum atomic E-state index is 0.105. The van der Waals surface area contributed by atoms with Crippen LogP contribution in [0.25, 0.3) is 110 Å². The van der Waals surface area contributed by atoms with E-state index in [0.717, 1.165) is 0 Å². The number of aryl methyl sites for hydroxylation is 8. The molecular weight excluding hydrogens is 1600 g/mol. The number of pyridine rings is 5. The molecule has 15 rings (SSSR count). The van der Waals surface area contributed by atoms with Crippen molar-refractivity contribution in [2.45, 2.75) is 311 Å². The van der Waals surface area contributed by atoms with Crippen molar-refractivity contribution in [3.05, 3.63) is 325 Å². The van der Waals surface area contributed by atoms with Crippen molar-refractivity contribution in [3.8, 4) is 56.3 Å². The molecule has 0 radical (unpaired) electrons. The smallest absolute Gasteiger partial charge is 0.200 e. The predicted molar refractivity (Wildman–Crippen MR) is 573 cm³/mol. The second-order valence-electron chi connectivity index (χ2n) is 45.3. The molecule has 5 aromatic heterocycles. The minimum absolute atomic E-state index is 0.105. The highest BCUT2D eigenvalue weighted by Crippen LogP contribution is 2.44. The van der Waals surface area contributed by atoms with Crippen LogP contribution < -0.4 is 22.8 Å². The van der Waals surface area contributed by atoms with E-state index in [2.05, 4.69) is 519 Å². The minimum Gasteiger partial charge on any atom is -0.200 e. The lowest BCUT2D eigenvalue weighted by atomic mass is 9.76. The van der Waals surface area contributed by atoms with E-state index in [1.807, 2.05) is 0 Å². The quantitative estimate of drug-likeness (QED) is 0.103. The molecule has 15 aromatic rings. The predicted octanol–water partition coefficient (Wildman–Crippen LogP) is 33.0. The average Bonchev–Trinajstić information content (AvgIpc) is 0.766. The van der Waals surface area contributed by atoms with Crippen LogP contribution in [0.5, 0.6) is 0 Å². The van der Waals surface area contributed by atoms with Crippen molar-refractivity contribution in [3.63, 3.8) is 0 Å². The Balaban J connectivity index is 0.000000159. The highest BCUT2D eigenvalue weighted by Gasteiger charge is 2.31. The first-order chi connectivity index (χ1) is 61.6. The van der Waals surface area contributed by atoms with Crippen molar-refractivity contribution in [2.24, 2.45) is 35.2 Å². The fourth-order valence-electron chi connectivity index (χ4n) is 18.9. The van der Waals surface area contributed by atoms with Crippen LogP contribution in [0.15, 0.2) is 219 Å². The van der Waals surface area contributed by atoms with Crippen LogP contribution in [0, 0.1) is 48.5 Å². The molecular formula is C127H164N5+5. The second kappa shape index (κ2) is 40.6. The third-order valence-electron chi connectivity index (χ3n) is 28.2. The van der Waals surface area contributed by atoms with Gasteiger partial charge in [-0.15, -0.1) is 0 Å². The van der Waals surface area contributed by atoms with E-state index in [0.29, 0.717) is 47.3 Å². The van der Waals surface area contributed by atoms with E-state index in [1.54, 1.807) is 0 Å². The van der Waals surface area contributed by atoms with Gasteiger partial charge in [0.15, 0.2) is 31.0 Å². The summed E-state index contributed by atoms with van der Waals surface area (Å²) < 4.78 is 11.4. The molecule has 0 aliphatic rings. The molecule has 0 atom stereocenters. The first kappa shape index (κ1) is 102. The third kappa shape index (κ3) is 22.5. The molecule has 5 heterocycles. The zero-order valence-electron chi connectivity index (χ0n) is 89.1. The van der Waals surface area contributed by atoms with E-state index in [9.17, 15) is 0 Å². The maximum absolute atomic E-state index is 2.43. The van der Waals surface area contributed by atoms with Gasteiger partial charge in [-0.05, 0) is 311 Å². The van der Waals surface area contributed by atoms with Gasteiger partial charge in [-0.3, -0.25) is 0 Å². The van der Waals surface area contributed by atoms with Gasteiger partial charge in [0, 0.05) is 35.9 Å². The maximum Gasteiger partial charge on any atom is 0.220 e. The van der Waals surface area contributed by atoms with Crippen LogP contribution in [-0.4, -0.2) is 0 Å². The van der Waals surface area contributed by atoms with Crippen molar-refractivity contribution in [1.82, 2.24) is 0 Å². The molecule has 0 fully saturated rings. The van der Waals surface area contributed by atoms with Crippen LogP contribution in [0.2, 0.25) is 0 Å². The summed E-state index contributed by atoms with van der Waals surface area (Å²) in [5, 5.41) is 13.3. The summed E-state index contributed by atoms with van der Waals surface area (Å²) in [5.74, 6) is 4.31. The van der Waals surface area contributed by atoms with Gasteiger partial charge in [-0.25, -0.2) is 22.8 Å². The SMILES string of the molecule is Cc1c(-c2c3ccc(C(C)C)cc3cc[n+]2C)cc(C(C)(C)C)cc1C(C)(C)C.Cc1c(-c2c3ccc(C(C)C)cc3cc[n+]2C)cc(C(C)C)cc1C(C)C.Cc1cc(C(C)(C)C)cc(-c2c3ccc(C(C)C)cc3cc[n+]2C)c1C.Cc1cc(C(C)C)cc(-c2c3ccc(C(C)C)cc3cc[n+]2C)c1C.Cc1ccc(C(C)(C)C)cc1-c1c2ccc(C(C)C)cc2cc[n+]1C. The van der Waals surface area contributed by atoms with E-state index in [4.69, 9.17) is 0 Å². The fourth-order valence-corrected chi connectivity index (χ4v) is 18.9. The Morgan fingerprint density at radius 1 is 0.197 bits per heavy atom. The Labute approximate surface area is 799 Å². The third-order valence-corrected chi connectivity index (χ3v) is 28.2. The summed E-state index contributed by atoms with van der Waals surface area (Å²) in [5.41, 5.74) is 40.3. The highest BCUT2D eigenvalue weighted by molar-refractivity contribution is 5.99. The molecule has 0 N–H and O–H groups in total. The van der Waals surface area contributed by atoms with Gasteiger partial charge < -0.3 is 0 Å². The molecule has 0 aliphatic heterocycles. The van der Waals surface area contributed by atoms with Gasteiger partial charge in [0.25, 0.3) is 0 Å².